The summed E-state index contributed by atoms with van der Waals surface area (Å²) in [7, 11) is 1.92. The van der Waals surface area contributed by atoms with Crippen LogP contribution in [0.1, 0.15) is 11.1 Å². The Morgan fingerprint density at radius 2 is 1.88 bits per heavy atom. The zero-order valence-corrected chi connectivity index (χ0v) is 15.0. The second-order valence-electron chi connectivity index (χ2n) is 6.11. The fourth-order valence-corrected chi connectivity index (χ4v) is 3.16. The minimum atomic E-state index is 0.125. The number of aromatic nitrogens is 2. The molecule has 0 spiro atoms. The summed E-state index contributed by atoms with van der Waals surface area (Å²) in [4.78, 5) is 2.22. The quantitative estimate of drug-likeness (QED) is 0.702. The summed E-state index contributed by atoms with van der Waals surface area (Å²) in [5.41, 5.74) is 4.28. The van der Waals surface area contributed by atoms with Gasteiger partial charge in [-0.15, -0.1) is 0 Å². The van der Waals surface area contributed by atoms with Crippen LogP contribution in [-0.2, 0) is 20.1 Å². The van der Waals surface area contributed by atoms with Gasteiger partial charge in [0.1, 0.15) is 0 Å². The van der Waals surface area contributed by atoms with E-state index in [1.807, 2.05) is 60.4 Å². The highest BCUT2D eigenvalue weighted by Gasteiger charge is 2.14. The lowest BCUT2D eigenvalue weighted by Crippen LogP contribution is -2.26. The molecule has 1 aromatic heterocycles. The number of benzene rings is 2. The summed E-state index contributed by atoms with van der Waals surface area (Å²) in [5, 5.41) is 14.8. The summed E-state index contributed by atoms with van der Waals surface area (Å²) in [6, 6.07) is 18.0. The molecule has 2 aromatic carbocycles. The van der Waals surface area contributed by atoms with E-state index in [0.717, 1.165) is 23.4 Å². The first-order chi connectivity index (χ1) is 12.2. The molecular formula is C20H22ClN3O. The number of aliphatic hydroxyl groups excluding tert-OH is 1. The molecule has 0 aliphatic carbocycles. The first kappa shape index (κ1) is 17.7. The van der Waals surface area contributed by atoms with Crippen LogP contribution in [0.5, 0.6) is 0 Å². The Balaban J connectivity index is 1.85. The molecule has 0 saturated carbocycles. The number of nitrogens with zero attached hydrogens (tertiary/aromatic N) is 3. The largest absolute Gasteiger partial charge is 0.395 e. The Kier molecular flexibility index (Phi) is 5.87. The van der Waals surface area contributed by atoms with Crippen molar-refractivity contribution in [2.45, 2.75) is 13.1 Å². The van der Waals surface area contributed by atoms with Gasteiger partial charge in [-0.05, 0) is 17.7 Å². The SMILES string of the molecule is Cn1cc(CN(CCO)Cc2ccccc2)c(-c2cccc(Cl)c2)n1. The first-order valence-corrected chi connectivity index (χ1v) is 8.69. The molecule has 130 valence electrons. The van der Waals surface area contributed by atoms with Crippen LogP contribution >= 0.6 is 11.6 Å². The van der Waals surface area contributed by atoms with Gasteiger partial charge in [0.05, 0.1) is 12.3 Å². The summed E-state index contributed by atoms with van der Waals surface area (Å²) < 4.78 is 1.82. The van der Waals surface area contributed by atoms with E-state index in [0.29, 0.717) is 18.1 Å². The molecule has 3 rings (SSSR count). The lowest BCUT2D eigenvalue weighted by atomic mass is 10.1. The van der Waals surface area contributed by atoms with Gasteiger partial charge in [0.25, 0.3) is 0 Å². The van der Waals surface area contributed by atoms with Gasteiger partial charge < -0.3 is 5.11 Å². The molecule has 3 aromatic rings. The summed E-state index contributed by atoms with van der Waals surface area (Å²) in [6.45, 7) is 2.23. The topological polar surface area (TPSA) is 41.3 Å². The van der Waals surface area contributed by atoms with E-state index in [4.69, 9.17) is 11.6 Å². The summed E-state index contributed by atoms with van der Waals surface area (Å²) in [5.74, 6) is 0. The second kappa shape index (κ2) is 8.30. The molecule has 0 fully saturated rings. The molecule has 0 amide bonds. The zero-order valence-electron chi connectivity index (χ0n) is 14.3. The average Bonchev–Trinajstić information content (AvgIpc) is 2.96. The molecule has 0 aliphatic heterocycles. The van der Waals surface area contributed by atoms with Gasteiger partial charge in [0, 0.05) is 49.0 Å². The van der Waals surface area contributed by atoms with Gasteiger partial charge in [-0.25, -0.2) is 0 Å². The Bertz CT molecular complexity index is 817. The number of aryl methyl sites for hydroxylation is 1. The van der Waals surface area contributed by atoms with Gasteiger partial charge in [-0.1, -0.05) is 54.1 Å². The summed E-state index contributed by atoms with van der Waals surface area (Å²) in [6.07, 6.45) is 2.03. The van der Waals surface area contributed by atoms with Crippen molar-refractivity contribution in [3.8, 4) is 11.3 Å². The maximum absolute atomic E-state index is 9.44. The van der Waals surface area contributed by atoms with Crippen molar-refractivity contribution in [1.29, 1.82) is 0 Å². The molecule has 0 radical (unpaired) electrons. The van der Waals surface area contributed by atoms with Crippen molar-refractivity contribution in [1.82, 2.24) is 14.7 Å². The van der Waals surface area contributed by atoms with Crippen LogP contribution in [0.4, 0.5) is 0 Å². The normalized spacial score (nSPS) is 11.2. The third-order valence-electron chi connectivity index (χ3n) is 4.06. The molecule has 1 N–H and O–H groups in total. The van der Waals surface area contributed by atoms with E-state index >= 15 is 0 Å². The fourth-order valence-electron chi connectivity index (χ4n) is 2.97. The zero-order chi connectivity index (χ0) is 17.6. The monoisotopic (exact) mass is 355 g/mol. The van der Waals surface area contributed by atoms with E-state index < -0.39 is 0 Å². The van der Waals surface area contributed by atoms with Crippen LogP contribution in [0.15, 0.2) is 60.8 Å². The van der Waals surface area contributed by atoms with E-state index in [1.165, 1.54) is 5.56 Å². The van der Waals surface area contributed by atoms with Crippen LogP contribution in [0.3, 0.4) is 0 Å². The minimum Gasteiger partial charge on any atom is -0.395 e. The Hall–Kier alpha value is -2.14. The average molecular weight is 356 g/mol. The Morgan fingerprint density at radius 3 is 2.60 bits per heavy atom. The van der Waals surface area contributed by atoms with Gasteiger partial charge in [0.15, 0.2) is 0 Å². The van der Waals surface area contributed by atoms with Crippen molar-refractivity contribution in [3.05, 3.63) is 76.9 Å². The van der Waals surface area contributed by atoms with Crippen molar-refractivity contribution in [3.63, 3.8) is 0 Å². The number of halogens is 1. The Morgan fingerprint density at radius 1 is 1.08 bits per heavy atom. The molecule has 0 unspecified atom stereocenters. The maximum atomic E-state index is 9.44. The standard InChI is InChI=1S/C20H22ClN3O/c1-23-14-18(20(22-23)17-8-5-9-19(21)12-17)15-24(10-11-25)13-16-6-3-2-4-7-16/h2-9,12,14,25H,10-11,13,15H2,1H3. The molecule has 25 heavy (non-hydrogen) atoms. The molecule has 0 bridgehead atoms. The van der Waals surface area contributed by atoms with Crippen LogP contribution in [-0.4, -0.2) is 32.9 Å². The minimum absolute atomic E-state index is 0.125. The molecule has 0 atom stereocenters. The van der Waals surface area contributed by atoms with E-state index in [2.05, 4.69) is 22.1 Å². The first-order valence-electron chi connectivity index (χ1n) is 8.31. The number of hydrogen-bond acceptors (Lipinski definition) is 3. The third kappa shape index (κ3) is 4.69. The molecule has 0 aliphatic rings. The van der Waals surface area contributed by atoms with E-state index in [9.17, 15) is 5.11 Å². The Labute approximate surface area is 153 Å². The van der Waals surface area contributed by atoms with Crippen molar-refractivity contribution >= 4 is 11.6 Å². The lowest BCUT2D eigenvalue weighted by Gasteiger charge is -2.21. The van der Waals surface area contributed by atoms with Crippen LogP contribution in [0.25, 0.3) is 11.3 Å². The lowest BCUT2D eigenvalue weighted by molar-refractivity contribution is 0.184. The molecule has 1 heterocycles. The maximum Gasteiger partial charge on any atom is 0.0968 e. The number of hydrogen-bond donors (Lipinski definition) is 1. The van der Waals surface area contributed by atoms with Gasteiger partial charge in [-0.2, -0.15) is 5.10 Å². The van der Waals surface area contributed by atoms with Gasteiger partial charge >= 0.3 is 0 Å². The predicted molar refractivity (Wildman–Crippen MR) is 101 cm³/mol. The van der Waals surface area contributed by atoms with E-state index in [-0.39, 0.29) is 6.61 Å². The van der Waals surface area contributed by atoms with Crippen molar-refractivity contribution in [2.24, 2.45) is 7.05 Å². The van der Waals surface area contributed by atoms with Crippen molar-refractivity contribution in [2.75, 3.05) is 13.2 Å². The van der Waals surface area contributed by atoms with Gasteiger partial charge in [0.2, 0.25) is 0 Å². The van der Waals surface area contributed by atoms with Crippen LogP contribution in [0.2, 0.25) is 5.02 Å². The molecule has 4 nitrogen and oxygen atoms in total. The molecule has 5 heteroatoms. The smallest absolute Gasteiger partial charge is 0.0968 e. The van der Waals surface area contributed by atoms with Crippen LogP contribution < -0.4 is 0 Å². The van der Waals surface area contributed by atoms with Gasteiger partial charge in [-0.3, -0.25) is 9.58 Å². The highest BCUT2D eigenvalue weighted by molar-refractivity contribution is 6.30. The third-order valence-corrected chi connectivity index (χ3v) is 4.30. The second-order valence-corrected chi connectivity index (χ2v) is 6.54. The highest BCUT2D eigenvalue weighted by atomic mass is 35.5. The molecular weight excluding hydrogens is 334 g/mol. The fraction of sp³-hybridized carbons (Fsp3) is 0.250. The predicted octanol–water partition coefficient (Wildman–Crippen LogP) is 3.74. The number of aliphatic hydroxyl groups is 1. The number of rotatable bonds is 7. The van der Waals surface area contributed by atoms with Crippen molar-refractivity contribution < 1.29 is 5.11 Å². The van der Waals surface area contributed by atoms with E-state index in [1.54, 1.807) is 0 Å². The van der Waals surface area contributed by atoms with Crippen LogP contribution in [0, 0.1) is 0 Å². The summed E-state index contributed by atoms with van der Waals surface area (Å²) >= 11 is 6.14. The molecule has 0 saturated heterocycles. The highest BCUT2D eigenvalue weighted by Crippen LogP contribution is 2.26.